The summed E-state index contributed by atoms with van der Waals surface area (Å²) in [6.45, 7) is 18.1. The molecule has 2 fully saturated rings. The fourth-order valence-corrected chi connectivity index (χ4v) is 13.6. The van der Waals surface area contributed by atoms with Crippen LogP contribution in [0.25, 0.3) is 56.3 Å². The average Bonchev–Trinajstić information content (AvgIpc) is 1.23. The Labute approximate surface area is 602 Å². The van der Waals surface area contributed by atoms with Gasteiger partial charge in [-0.1, -0.05) is 165 Å². The minimum atomic E-state index is -2.57. The van der Waals surface area contributed by atoms with E-state index in [0.29, 0.717) is 5.56 Å². The van der Waals surface area contributed by atoms with E-state index in [4.69, 9.17) is 20.6 Å². The molecule has 12 rings (SSSR count). The number of hydrogen-bond donors (Lipinski definition) is 0. The van der Waals surface area contributed by atoms with Crippen molar-refractivity contribution < 1.29 is 43.4 Å². The Hall–Kier alpha value is -8.15. The second-order valence-electron chi connectivity index (χ2n) is 27.3. The summed E-state index contributed by atoms with van der Waals surface area (Å²) in [5.74, 6) is -1.66. The molecule has 2 saturated carbocycles. The number of pyridine rings is 5. The number of benzene rings is 5. The van der Waals surface area contributed by atoms with Crippen LogP contribution in [0.1, 0.15) is 227 Å². The highest BCUT2D eigenvalue weighted by atomic mass is 14.9. The Morgan fingerprint density at radius 2 is 0.760 bits per heavy atom. The van der Waals surface area contributed by atoms with Gasteiger partial charge in [0, 0.05) is 107 Å². The van der Waals surface area contributed by atoms with Crippen LogP contribution in [0, 0.1) is 68.1 Å². The number of rotatable bonds is 12. The van der Waals surface area contributed by atoms with Gasteiger partial charge >= 0.3 is 0 Å². The highest BCUT2D eigenvalue weighted by Gasteiger charge is 2.27. The Morgan fingerprint density at radius 1 is 0.406 bits per heavy atom. The van der Waals surface area contributed by atoms with Gasteiger partial charge in [0.1, 0.15) is 35.2 Å². The van der Waals surface area contributed by atoms with E-state index in [-0.39, 0.29) is 40.0 Å². The lowest BCUT2D eigenvalue weighted by atomic mass is 9.93. The van der Waals surface area contributed by atoms with E-state index >= 15 is 0 Å². The smallest absolute Gasteiger partial charge is 0.201 e. The number of nitrogens with zero attached hydrogens (tertiary/aromatic N) is 5. The Kier molecular flexibility index (Phi) is 19.6. The summed E-state index contributed by atoms with van der Waals surface area (Å²) in [6.07, 6.45) is 15.8. The van der Waals surface area contributed by atoms with Crippen LogP contribution in [0.5, 0.6) is 0 Å². The van der Waals surface area contributed by atoms with E-state index in [9.17, 15) is 0 Å². The van der Waals surface area contributed by atoms with Gasteiger partial charge in [-0.2, -0.15) is 0 Å². The maximum Gasteiger partial charge on any atom is 0.212 e. The van der Waals surface area contributed by atoms with E-state index in [1.807, 2.05) is 106 Å². The van der Waals surface area contributed by atoms with Crippen molar-refractivity contribution >= 4 is 0 Å². The Bertz CT molecular complexity index is 4910. The zero-order valence-electron chi connectivity index (χ0n) is 75.9. The van der Waals surface area contributed by atoms with Gasteiger partial charge in [0.2, 0.25) is 28.5 Å². The van der Waals surface area contributed by atoms with Crippen molar-refractivity contribution in [3.8, 4) is 56.3 Å². The minimum absolute atomic E-state index is 0.0704. The highest BCUT2D eigenvalue weighted by Crippen LogP contribution is 2.38. The first-order chi connectivity index (χ1) is 51.6. The molecule has 0 amide bonds. The summed E-state index contributed by atoms with van der Waals surface area (Å²) in [6, 6.07) is 50.9. The largest absolute Gasteiger partial charge is 0.212 e. The molecule has 96 heavy (non-hydrogen) atoms. The first kappa shape index (κ1) is 54.9. The molecule has 5 nitrogen and oxygen atoms in total. The molecule has 2 aliphatic rings. The number of aryl methyl sites for hydroxylation is 15. The molecule has 0 spiro atoms. The van der Waals surface area contributed by atoms with Crippen LogP contribution in [-0.4, -0.2) is 0 Å². The van der Waals surface area contributed by atoms with Gasteiger partial charge in [-0.25, -0.2) is 22.8 Å². The molecule has 0 N–H and O–H groups in total. The van der Waals surface area contributed by atoms with Gasteiger partial charge in [-0.3, -0.25) is 0 Å². The van der Waals surface area contributed by atoms with Crippen molar-refractivity contribution in [3.05, 3.63) is 266 Å². The molecule has 10 aromatic rings. The van der Waals surface area contributed by atoms with Crippen LogP contribution in [0.15, 0.2) is 183 Å². The van der Waals surface area contributed by atoms with Gasteiger partial charge < -0.3 is 0 Å². The van der Waals surface area contributed by atoms with Crippen molar-refractivity contribution in [3.63, 3.8) is 0 Å². The Morgan fingerprint density at radius 3 is 1.16 bits per heavy atom. The summed E-state index contributed by atoms with van der Waals surface area (Å²) in [5.41, 5.74) is 24.3. The molecule has 5 aromatic carbocycles. The standard InChI is InChI=1S/2C19H24N.2C18H24N.C17H22N/c2*1-14-8-4-7-11-17(14)19-12-15(2)18(13-20(19)3)16-9-5-6-10-16;1-13(2)10-16-11-18(19(5)12-15(16)4)17-9-7-6-8-14(17)3;1-6-15-11-18(16-10-8-7-9-14(16)4)19(5)12-17(15)13(2)3;1-12(2)16-10-17(18(5)11-14(16)4)15-9-7-6-8-13(15)3/h2*4,7-8,11-13,16H,5-6,9-10H2,1-3H3;6-9,11-13H,10H2,1-5H3;7-13H,6H2,1-5H3;6-12H,1-5H3/q5*+1/i16D;;4D3,10D2;2D3,6D2,13D;4D3. The molecule has 5 aromatic heterocycles. The minimum Gasteiger partial charge on any atom is -0.201 e. The Balaban J connectivity index is 0.000000175. The molecule has 2 aliphatic carbocycles. The molecule has 0 radical (unpaired) electrons. The highest BCUT2D eigenvalue weighted by molar-refractivity contribution is 5.65. The predicted octanol–water partition coefficient (Wildman–Crippen LogP) is 21.0. The zero-order valence-corrected chi connectivity index (χ0v) is 60.9. The fourth-order valence-electron chi connectivity index (χ4n) is 13.6. The molecule has 0 saturated heterocycles. The fraction of sp³-hybridized carbons (Fsp3) is 0.396. The zero-order chi connectivity index (χ0) is 82.4. The van der Waals surface area contributed by atoms with E-state index in [1.165, 1.54) is 108 Å². The van der Waals surface area contributed by atoms with Crippen LogP contribution in [-0.2, 0) is 48.0 Å². The van der Waals surface area contributed by atoms with Gasteiger partial charge in [0.05, 0.1) is 0 Å². The SMILES string of the molecule is Cc1ccccc1-c1cc(C)c(C2CCCC2)c[n+]1C.[2H]C([2H])(C)c1cc(-c2ccccc2C)[n+](C)cc1C([2H])(C)C([2H])([2H])[2H].[2H]C([2H])([2H])c1c[n+](C)c(-c2ccccc2C)cc1C(C)C.[2H]C([2H])([2H])c1c[n+](C)c(-c2ccccc2C)cc1C([2H])([2H])C(C)C.[2H]C1(c2c[n+](C)c(-c3ccccc3C)cc2C)CCCC1. The van der Waals surface area contributed by atoms with Gasteiger partial charge in [-0.15, -0.1) is 0 Å². The summed E-state index contributed by atoms with van der Waals surface area (Å²) in [4.78, 5) is 0. The van der Waals surface area contributed by atoms with E-state index in [0.717, 1.165) is 69.2 Å². The van der Waals surface area contributed by atoms with E-state index in [2.05, 4.69) is 143 Å². The van der Waals surface area contributed by atoms with Crippen molar-refractivity contribution in [2.45, 2.75) is 198 Å². The predicted molar refractivity (Wildman–Crippen MR) is 406 cm³/mol. The van der Waals surface area contributed by atoms with Crippen molar-refractivity contribution in [1.82, 2.24) is 0 Å². The van der Waals surface area contributed by atoms with Crippen molar-refractivity contribution in [2.24, 2.45) is 41.2 Å². The van der Waals surface area contributed by atoms with E-state index in [1.54, 1.807) is 73.4 Å². The maximum atomic E-state index is 8.76. The first-order valence-electron chi connectivity index (χ1n) is 42.1. The van der Waals surface area contributed by atoms with Gasteiger partial charge in [-0.05, 0) is 216 Å². The molecule has 5 heteroatoms. The van der Waals surface area contributed by atoms with Crippen LogP contribution < -0.4 is 22.8 Å². The molecule has 0 aliphatic heterocycles. The summed E-state index contributed by atoms with van der Waals surface area (Å²) >= 11 is 0. The van der Waals surface area contributed by atoms with E-state index < -0.39 is 39.2 Å². The normalized spacial score (nSPS) is 16.9. The summed E-state index contributed by atoms with van der Waals surface area (Å²) in [5, 5.41) is 0. The van der Waals surface area contributed by atoms with Gasteiger partial charge in [0.15, 0.2) is 31.0 Å². The van der Waals surface area contributed by atoms with Crippen molar-refractivity contribution in [2.75, 3.05) is 0 Å². The summed E-state index contributed by atoms with van der Waals surface area (Å²) < 4.78 is 130. The second-order valence-corrected chi connectivity index (χ2v) is 27.3. The van der Waals surface area contributed by atoms with Crippen LogP contribution >= 0.6 is 0 Å². The monoisotopic (exact) mass is 1300 g/mol. The number of aromatic nitrogens is 5. The third-order valence-electron chi connectivity index (χ3n) is 19.1. The molecule has 1 atom stereocenters. The quantitative estimate of drug-likeness (QED) is 0.109. The average molecular weight is 1300 g/mol. The van der Waals surface area contributed by atoms with Crippen LogP contribution in [0.4, 0.5) is 0 Å². The van der Waals surface area contributed by atoms with Gasteiger partial charge in [0.25, 0.3) is 0 Å². The maximum absolute atomic E-state index is 8.76. The molecule has 1 unspecified atom stereocenters. The molecule has 502 valence electrons. The first-order valence-corrected chi connectivity index (χ1v) is 34.6. The number of hydrogen-bond acceptors (Lipinski definition) is 0. The lowest BCUT2D eigenvalue weighted by Crippen LogP contribution is -2.32. The van der Waals surface area contributed by atoms with Crippen LogP contribution in [0.3, 0.4) is 0 Å². The van der Waals surface area contributed by atoms with Crippen molar-refractivity contribution in [1.29, 1.82) is 0 Å². The summed E-state index contributed by atoms with van der Waals surface area (Å²) in [7, 11) is 9.77. The van der Waals surface area contributed by atoms with Crippen LogP contribution in [0.2, 0.25) is 0 Å². The molecule has 0 bridgehead atoms. The second kappa shape index (κ2) is 34.2. The topological polar surface area (TPSA) is 19.4 Å². The third kappa shape index (κ3) is 18.5. The third-order valence-corrected chi connectivity index (χ3v) is 19.1. The lowest BCUT2D eigenvalue weighted by molar-refractivity contribution is -0.661. The molecular weight excluding hydrogens is 1160 g/mol. The lowest BCUT2D eigenvalue weighted by Gasteiger charge is -2.13. The molecular formula is C91H118N5+5. The molecule has 5 heterocycles.